The molecular formula is C23H36F2O. The van der Waals surface area contributed by atoms with Crippen LogP contribution < -0.4 is 0 Å². The van der Waals surface area contributed by atoms with Crippen LogP contribution in [-0.4, -0.2) is 19.0 Å². The van der Waals surface area contributed by atoms with Crippen LogP contribution in [0.3, 0.4) is 0 Å². The lowest BCUT2D eigenvalue weighted by molar-refractivity contribution is 0.106. The normalized spacial score (nSPS) is 38.5. The van der Waals surface area contributed by atoms with Gasteiger partial charge in [0, 0.05) is 0 Å². The van der Waals surface area contributed by atoms with Crippen molar-refractivity contribution in [1.82, 2.24) is 0 Å². The minimum absolute atomic E-state index is 0.154. The molecule has 148 valence electrons. The number of halogens is 2. The summed E-state index contributed by atoms with van der Waals surface area (Å²) in [5, 5.41) is 0. The fraction of sp³-hybridized carbons (Fsp3) is 0.826. The third-order valence-corrected chi connectivity index (χ3v) is 7.10. The van der Waals surface area contributed by atoms with Crippen molar-refractivity contribution in [2.75, 3.05) is 6.61 Å². The Morgan fingerprint density at radius 2 is 1.46 bits per heavy atom. The molecule has 0 aromatic rings. The van der Waals surface area contributed by atoms with Crippen molar-refractivity contribution in [3.63, 3.8) is 0 Å². The van der Waals surface area contributed by atoms with Crippen LogP contribution in [0.4, 0.5) is 8.78 Å². The van der Waals surface area contributed by atoms with Gasteiger partial charge in [-0.1, -0.05) is 38.7 Å². The summed E-state index contributed by atoms with van der Waals surface area (Å²) in [5.41, 5.74) is 0.672. The first-order valence-corrected chi connectivity index (χ1v) is 11.0. The Morgan fingerprint density at radius 3 is 2.04 bits per heavy atom. The van der Waals surface area contributed by atoms with Crippen LogP contribution in [0.2, 0.25) is 0 Å². The predicted octanol–water partition coefficient (Wildman–Crippen LogP) is 6.94. The van der Waals surface area contributed by atoms with E-state index in [1.807, 2.05) is 0 Å². The summed E-state index contributed by atoms with van der Waals surface area (Å²) in [6.07, 6.45) is 13.0. The third kappa shape index (κ3) is 4.51. The first kappa shape index (κ1) is 19.9. The zero-order valence-corrected chi connectivity index (χ0v) is 16.6. The maximum absolute atomic E-state index is 14.6. The summed E-state index contributed by atoms with van der Waals surface area (Å²) < 4.78 is 34.1. The van der Waals surface area contributed by atoms with Gasteiger partial charge in [-0.2, -0.15) is 0 Å². The first-order chi connectivity index (χ1) is 12.6. The molecule has 2 unspecified atom stereocenters. The van der Waals surface area contributed by atoms with Gasteiger partial charge in [-0.25, -0.2) is 8.78 Å². The van der Waals surface area contributed by atoms with Gasteiger partial charge in [0.2, 0.25) is 0 Å². The lowest BCUT2D eigenvalue weighted by atomic mass is 9.67. The summed E-state index contributed by atoms with van der Waals surface area (Å²) >= 11 is 0. The molecule has 0 bridgehead atoms. The molecule has 0 radical (unpaired) electrons. The second kappa shape index (κ2) is 9.37. The number of rotatable bonds is 6. The van der Waals surface area contributed by atoms with Crippen molar-refractivity contribution >= 4 is 0 Å². The quantitative estimate of drug-likeness (QED) is 0.495. The van der Waals surface area contributed by atoms with Gasteiger partial charge in [0.1, 0.15) is 5.76 Å². The van der Waals surface area contributed by atoms with Gasteiger partial charge in [-0.3, -0.25) is 0 Å². The maximum Gasteiger partial charge on any atom is 0.192 e. The topological polar surface area (TPSA) is 9.23 Å². The fourth-order valence-electron chi connectivity index (χ4n) is 5.61. The number of alkyl halides is 2. The number of allylic oxidation sites excluding steroid dienone is 4. The molecule has 0 aliphatic heterocycles. The van der Waals surface area contributed by atoms with Crippen molar-refractivity contribution < 1.29 is 13.5 Å². The van der Waals surface area contributed by atoms with Crippen molar-refractivity contribution in [3.8, 4) is 0 Å². The molecule has 0 N–H and O–H groups in total. The second-order valence-corrected chi connectivity index (χ2v) is 8.65. The third-order valence-electron chi connectivity index (χ3n) is 7.10. The first-order valence-electron chi connectivity index (χ1n) is 11.0. The highest BCUT2D eigenvalue weighted by Crippen LogP contribution is 2.45. The van der Waals surface area contributed by atoms with Crippen molar-refractivity contribution in [3.05, 3.63) is 23.5 Å². The number of ether oxygens (including phenoxy) is 1. The van der Waals surface area contributed by atoms with E-state index in [0.29, 0.717) is 12.2 Å². The number of hydrogen-bond acceptors (Lipinski definition) is 1. The molecule has 0 amide bonds. The Hall–Kier alpha value is -0.860. The minimum Gasteiger partial charge on any atom is -0.495 e. The molecule has 2 fully saturated rings. The van der Waals surface area contributed by atoms with Crippen molar-refractivity contribution in [2.45, 2.75) is 90.4 Å². The molecule has 3 aliphatic carbocycles. The number of hydrogen-bond donors (Lipinski definition) is 0. The standard InChI is InChI=1S/C23H36F2O/c1-3-5-16-6-8-17(9-7-16)18-10-12-19(13-11-18)20-14-15-21(26-4-2)23(25)22(20)24/h14-19,22-23H,3-13H2,1-2H3. The zero-order chi connectivity index (χ0) is 18.5. The van der Waals surface area contributed by atoms with E-state index in [0.717, 1.165) is 30.6 Å². The lowest BCUT2D eigenvalue weighted by Gasteiger charge is -2.39. The van der Waals surface area contributed by atoms with Gasteiger partial charge in [-0.05, 0) is 80.8 Å². The Kier molecular flexibility index (Phi) is 7.17. The summed E-state index contributed by atoms with van der Waals surface area (Å²) in [6.45, 7) is 4.48. The molecule has 1 nitrogen and oxygen atoms in total. The SMILES string of the molecule is CCCC1CCC(C2CCC(C3=CC=C(OCC)C(F)C3F)CC2)CC1. The van der Waals surface area contributed by atoms with E-state index in [2.05, 4.69) is 6.92 Å². The van der Waals surface area contributed by atoms with Crippen molar-refractivity contribution in [2.24, 2.45) is 23.7 Å². The second-order valence-electron chi connectivity index (χ2n) is 8.65. The van der Waals surface area contributed by atoms with E-state index in [9.17, 15) is 8.78 Å². The van der Waals surface area contributed by atoms with E-state index >= 15 is 0 Å². The highest BCUT2D eigenvalue weighted by atomic mass is 19.2. The van der Waals surface area contributed by atoms with Gasteiger partial charge < -0.3 is 4.74 Å². The molecule has 0 aromatic carbocycles. The average molecular weight is 367 g/mol. The summed E-state index contributed by atoms with van der Waals surface area (Å²) in [5.74, 6) is 3.02. The highest BCUT2D eigenvalue weighted by Gasteiger charge is 2.38. The summed E-state index contributed by atoms with van der Waals surface area (Å²) in [6, 6.07) is 0. The Balaban J connectivity index is 1.51. The van der Waals surface area contributed by atoms with E-state index in [1.165, 1.54) is 51.4 Å². The predicted molar refractivity (Wildman–Crippen MR) is 103 cm³/mol. The van der Waals surface area contributed by atoms with Gasteiger partial charge in [0.25, 0.3) is 0 Å². The molecule has 3 aliphatic rings. The summed E-state index contributed by atoms with van der Waals surface area (Å²) in [7, 11) is 0. The lowest BCUT2D eigenvalue weighted by Crippen LogP contribution is -2.32. The minimum atomic E-state index is -1.62. The van der Waals surface area contributed by atoms with Crippen LogP contribution in [0.1, 0.15) is 78.1 Å². The maximum atomic E-state index is 14.6. The van der Waals surface area contributed by atoms with Crippen molar-refractivity contribution in [1.29, 1.82) is 0 Å². The van der Waals surface area contributed by atoms with Gasteiger partial charge in [0.05, 0.1) is 6.61 Å². The van der Waals surface area contributed by atoms with Crippen LogP contribution in [0.15, 0.2) is 23.5 Å². The average Bonchev–Trinajstić information content (AvgIpc) is 2.67. The molecular weight excluding hydrogens is 330 g/mol. The van der Waals surface area contributed by atoms with Gasteiger partial charge in [0.15, 0.2) is 12.3 Å². The van der Waals surface area contributed by atoms with E-state index < -0.39 is 12.3 Å². The van der Waals surface area contributed by atoms with Crippen LogP contribution >= 0.6 is 0 Å². The largest absolute Gasteiger partial charge is 0.495 e. The smallest absolute Gasteiger partial charge is 0.192 e. The molecule has 0 saturated heterocycles. The fourth-order valence-corrected chi connectivity index (χ4v) is 5.61. The molecule has 2 saturated carbocycles. The van der Waals surface area contributed by atoms with Crippen LogP contribution in [-0.2, 0) is 4.74 Å². The van der Waals surface area contributed by atoms with Crippen LogP contribution in [0.25, 0.3) is 0 Å². The molecule has 0 heterocycles. The Labute approximate surface area is 158 Å². The molecule has 0 aromatic heterocycles. The van der Waals surface area contributed by atoms with E-state index in [1.54, 1.807) is 19.1 Å². The van der Waals surface area contributed by atoms with E-state index in [4.69, 9.17) is 4.74 Å². The zero-order valence-electron chi connectivity index (χ0n) is 16.6. The van der Waals surface area contributed by atoms with Gasteiger partial charge in [-0.15, -0.1) is 0 Å². The molecule has 3 rings (SSSR count). The Morgan fingerprint density at radius 1 is 0.846 bits per heavy atom. The van der Waals surface area contributed by atoms with E-state index in [-0.39, 0.29) is 11.7 Å². The molecule has 3 heteroatoms. The van der Waals surface area contributed by atoms with Gasteiger partial charge >= 0.3 is 0 Å². The highest BCUT2D eigenvalue weighted by molar-refractivity contribution is 5.31. The van der Waals surface area contributed by atoms with Crippen LogP contribution in [0.5, 0.6) is 0 Å². The van der Waals surface area contributed by atoms with Crippen LogP contribution in [0, 0.1) is 23.7 Å². The molecule has 2 atom stereocenters. The molecule has 0 spiro atoms. The molecule has 26 heavy (non-hydrogen) atoms. The Bertz CT molecular complexity index is 496. The summed E-state index contributed by atoms with van der Waals surface area (Å²) in [4.78, 5) is 0. The monoisotopic (exact) mass is 366 g/mol.